The van der Waals surface area contributed by atoms with Gasteiger partial charge in [-0.05, 0) is 29.8 Å². The van der Waals surface area contributed by atoms with Crippen LogP contribution in [0.3, 0.4) is 0 Å². The predicted molar refractivity (Wildman–Crippen MR) is 119 cm³/mol. The zero-order valence-electron chi connectivity index (χ0n) is 16.7. The standard InChI is InChI=1S/C24H26ClN3O/c1-18(20-10-6-8-19-7-2-3-9-21(19)20)26-17-24(29)28-15-13-27(14-16-28)23-12-5-4-11-22(23)25/h2-12,18,26H,13-17H2,1H3/p+1/t18-/m1/s1. The topological polar surface area (TPSA) is 40.2 Å². The first-order chi connectivity index (χ1) is 14.1. The molecular weight excluding hydrogens is 382 g/mol. The normalized spacial score (nSPS) is 15.5. The van der Waals surface area contributed by atoms with Gasteiger partial charge in [0.05, 0.1) is 10.7 Å². The summed E-state index contributed by atoms with van der Waals surface area (Å²) >= 11 is 6.31. The second-order valence-electron chi connectivity index (χ2n) is 7.62. The van der Waals surface area contributed by atoms with Crippen LogP contribution in [-0.2, 0) is 4.79 Å². The summed E-state index contributed by atoms with van der Waals surface area (Å²) in [6.07, 6.45) is 0. The first-order valence-electron chi connectivity index (χ1n) is 10.2. The van der Waals surface area contributed by atoms with Gasteiger partial charge in [0, 0.05) is 31.7 Å². The molecular formula is C24H27ClN3O+. The lowest BCUT2D eigenvalue weighted by molar-refractivity contribution is -0.682. The maximum Gasteiger partial charge on any atom is 0.277 e. The Bertz CT molecular complexity index is 993. The van der Waals surface area contributed by atoms with Crippen LogP contribution < -0.4 is 10.2 Å². The lowest BCUT2D eigenvalue weighted by atomic mass is 10.00. The van der Waals surface area contributed by atoms with E-state index < -0.39 is 0 Å². The highest BCUT2D eigenvalue weighted by molar-refractivity contribution is 6.33. The van der Waals surface area contributed by atoms with Crippen LogP contribution in [0.4, 0.5) is 5.69 Å². The number of para-hydroxylation sites is 1. The van der Waals surface area contributed by atoms with Gasteiger partial charge in [0.15, 0.2) is 6.54 Å². The molecule has 1 atom stereocenters. The Balaban J connectivity index is 1.33. The molecule has 150 valence electrons. The third kappa shape index (κ3) is 4.39. The Morgan fingerprint density at radius 3 is 2.45 bits per heavy atom. The van der Waals surface area contributed by atoms with Gasteiger partial charge in [-0.1, -0.05) is 66.2 Å². The van der Waals surface area contributed by atoms with Crippen molar-refractivity contribution in [1.82, 2.24) is 4.90 Å². The van der Waals surface area contributed by atoms with Crippen molar-refractivity contribution in [3.63, 3.8) is 0 Å². The Hall–Kier alpha value is -2.56. The number of hydrogen-bond acceptors (Lipinski definition) is 2. The molecule has 2 N–H and O–H groups in total. The summed E-state index contributed by atoms with van der Waals surface area (Å²) in [5.41, 5.74) is 2.33. The smallest absolute Gasteiger partial charge is 0.277 e. The summed E-state index contributed by atoms with van der Waals surface area (Å²) in [5, 5.41) is 5.42. The van der Waals surface area contributed by atoms with Crippen molar-refractivity contribution in [2.24, 2.45) is 0 Å². The highest BCUT2D eigenvalue weighted by Crippen LogP contribution is 2.26. The van der Waals surface area contributed by atoms with Crippen LogP contribution in [0, 0.1) is 0 Å². The van der Waals surface area contributed by atoms with Crippen LogP contribution in [0.25, 0.3) is 10.8 Å². The number of rotatable bonds is 5. The number of piperazine rings is 1. The number of benzene rings is 3. The molecule has 29 heavy (non-hydrogen) atoms. The third-order valence-corrected chi connectivity index (χ3v) is 6.11. The average Bonchev–Trinajstić information content (AvgIpc) is 2.77. The van der Waals surface area contributed by atoms with Crippen molar-refractivity contribution >= 4 is 34.0 Å². The molecule has 1 heterocycles. The van der Waals surface area contributed by atoms with Gasteiger partial charge in [0.1, 0.15) is 6.04 Å². The molecule has 0 aromatic heterocycles. The Morgan fingerprint density at radius 2 is 1.66 bits per heavy atom. The molecule has 1 aliphatic heterocycles. The summed E-state index contributed by atoms with van der Waals surface area (Å²) in [6, 6.07) is 22.9. The molecule has 1 aliphatic rings. The molecule has 4 rings (SSSR count). The van der Waals surface area contributed by atoms with Crippen LogP contribution in [0.15, 0.2) is 66.7 Å². The first-order valence-corrected chi connectivity index (χ1v) is 10.6. The van der Waals surface area contributed by atoms with Crippen LogP contribution in [0.5, 0.6) is 0 Å². The number of quaternary nitrogens is 1. The summed E-state index contributed by atoms with van der Waals surface area (Å²) in [6.45, 7) is 5.74. The van der Waals surface area contributed by atoms with E-state index in [1.807, 2.05) is 29.2 Å². The number of nitrogens with two attached hydrogens (primary N) is 1. The highest BCUT2D eigenvalue weighted by Gasteiger charge is 2.24. The number of fused-ring (bicyclic) bond motifs is 1. The van der Waals surface area contributed by atoms with Gasteiger partial charge in [-0.2, -0.15) is 0 Å². The largest absolute Gasteiger partial charge is 0.367 e. The number of hydrogen-bond donors (Lipinski definition) is 1. The van der Waals surface area contributed by atoms with E-state index in [1.54, 1.807) is 0 Å². The van der Waals surface area contributed by atoms with Crippen molar-refractivity contribution in [1.29, 1.82) is 0 Å². The molecule has 1 saturated heterocycles. The van der Waals surface area contributed by atoms with Gasteiger partial charge in [-0.15, -0.1) is 0 Å². The van der Waals surface area contributed by atoms with Gasteiger partial charge < -0.3 is 15.1 Å². The number of halogens is 1. The van der Waals surface area contributed by atoms with E-state index in [2.05, 4.69) is 59.6 Å². The zero-order valence-corrected chi connectivity index (χ0v) is 17.5. The van der Waals surface area contributed by atoms with E-state index in [0.29, 0.717) is 6.54 Å². The van der Waals surface area contributed by atoms with Gasteiger partial charge in [-0.25, -0.2) is 0 Å². The van der Waals surface area contributed by atoms with E-state index in [4.69, 9.17) is 11.6 Å². The van der Waals surface area contributed by atoms with E-state index in [0.717, 1.165) is 36.9 Å². The van der Waals surface area contributed by atoms with Crippen molar-refractivity contribution < 1.29 is 10.1 Å². The Morgan fingerprint density at radius 1 is 0.966 bits per heavy atom. The molecule has 0 unspecified atom stereocenters. The Kier molecular flexibility index (Phi) is 6.02. The minimum Gasteiger partial charge on any atom is -0.367 e. The van der Waals surface area contributed by atoms with Gasteiger partial charge in [0.25, 0.3) is 5.91 Å². The molecule has 1 fully saturated rings. The van der Waals surface area contributed by atoms with Gasteiger partial charge in [-0.3, -0.25) is 4.79 Å². The molecule has 0 aliphatic carbocycles. The molecule has 3 aromatic carbocycles. The molecule has 5 heteroatoms. The van der Waals surface area contributed by atoms with Crippen molar-refractivity contribution in [3.8, 4) is 0 Å². The minimum atomic E-state index is 0.205. The number of carbonyl (C=O) groups is 1. The van der Waals surface area contributed by atoms with Crippen LogP contribution in [-0.4, -0.2) is 43.5 Å². The van der Waals surface area contributed by atoms with Crippen molar-refractivity contribution in [3.05, 3.63) is 77.3 Å². The van der Waals surface area contributed by atoms with E-state index >= 15 is 0 Å². The quantitative estimate of drug-likeness (QED) is 0.702. The molecule has 0 spiro atoms. The molecule has 0 saturated carbocycles. The maximum absolute atomic E-state index is 12.8. The lowest BCUT2D eigenvalue weighted by Gasteiger charge is -2.36. The number of carbonyl (C=O) groups excluding carboxylic acids is 1. The molecule has 4 nitrogen and oxygen atoms in total. The SMILES string of the molecule is C[C@@H]([NH2+]CC(=O)N1CCN(c2ccccc2Cl)CC1)c1cccc2ccccc12. The Labute approximate surface area is 177 Å². The predicted octanol–water partition coefficient (Wildman–Crippen LogP) is 3.47. The summed E-state index contributed by atoms with van der Waals surface area (Å²) in [4.78, 5) is 17.0. The minimum absolute atomic E-state index is 0.205. The van der Waals surface area contributed by atoms with E-state index in [-0.39, 0.29) is 11.9 Å². The molecule has 3 aromatic rings. The number of anilines is 1. The van der Waals surface area contributed by atoms with Crippen molar-refractivity contribution in [2.45, 2.75) is 13.0 Å². The summed E-state index contributed by atoms with van der Waals surface area (Å²) < 4.78 is 0. The van der Waals surface area contributed by atoms with Crippen LogP contribution >= 0.6 is 11.6 Å². The monoisotopic (exact) mass is 408 g/mol. The molecule has 0 radical (unpaired) electrons. The summed E-state index contributed by atoms with van der Waals surface area (Å²) in [5.74, 6) is 0.205. The zero-order chi connectivity index (χ0) is 20.2. The number of amides is 1. The second kappa shape index (κ2) is 8.85. The second-order valence-corrected chi connectivity index (χ2v) is 8.02. The molecule has 0 bridgehead atoms. The average molecular weight is 409 g/mol. The number of nitrogens with zero attached hydrogens (tertiary/aromatic N) is 2. The van der Waals surface area contributed by atoms with Gasteiger partial charge in [0.2, 0.25) is 0 Å². The highest BCUT2D eigenvalue weighted by atomic mass is 35.5. The van der Waals surface area contributed by atoms with E-state index in [9.17, 15) is 4.79 Å². The maximum atomic E-state index is 12.8. The fourth-order valence-electron chi connectivity index (χ4n) is 4.09. The lowest BCUT2D eigenvalue weighted by Crippen LogP contribution is -2.87. The van der Waals surface area contributed by atoms with Crippen molar-refractivity contribution in [2.75, 3.05) is 37.6 Å². The van der Waals surface area contributed by atoms with Crippen LogP contribution in [0.1, 0.15) is 18.5 Å². The molecule has 1 amide bonds. The summed E-state index contributed by atoms with van der Waals surface area (Å²) in [7, 11) is 0. The van der Waals surface area contributed by atoms with Gasteiger partial charge >= 0.3 is 0 Å². The fourth-order valence-corrected chi connectivity index (χ4v) is 4.34. The first kappa shape index (κ1) is 19.7. The fraction of sp³-hybridized carbons (Fsp3) is 0.292. The third-order valence-electron chi connectivity index (χ3n) is 5.79. The van der Waals surface area contributed by atoms with Crippen LogP contribution in [0.2, 0.25) is 5.02 Å². The van der Waals surface area contributed by atoms with E-state index in [1.165, 1.54) is 16.3 Å².